The van der Waals surface area contributed by atoms with Gasteiger partial charge in [-0.25, -0.2) is 9.50 Å². The van der Waals surface area contributed by atoms with Gasteiger partial charge in [0.1, 0.15) is 5.82 Å². The van der Waals surface area contributed by atoms with Crippen molar-refractivity contribution in [2.24, 2.45) is 0 Å². The first-order valence-corrected chi connectivity index (χ1v) is 10.9. The Hall–Kier alpha value is -2.63. The maximum atomic E-state index is 12.7. The number of nitrogens with zero attached hydrogens (tertiary/aromatic N) is 3. The molecule has 162 valence electrons. The van der Waals surface area contributed by atoms with E-state index in [-0.39, 0.29) is 40.0 Å². The summed E-state index contributed by atoms with van der Waals surface area (Å²) in [4.78, 5) is 19.1. The first kappa shape index (κ1) is 22.1. The molecule has 0 bridgehead atoms. The topological polar surface area (TPSA) is 136 Å². The van der Waals surface area contributed by atoms with Gasteiger partial charge in [-0.05, 0) is 26.3 Å². The van der Waals surface area contributed by atoms with E-state index in [4.69, 9.17) is 21.1 Å². The van der Waals surface area contributed by atoms with Gasteiger partial charge < -0.3 is 14.5 Å². The molecular formula is C18H21ClN4O6S. The fourth-order valence-corrected chi connectivity index (χ4v) is 4.39. The van der Waals surface area contributed by atoms with Crippen molar-refractivity contribution in [2.45, 2.75) is 38.5 Å². The number of nitrogens with one attached hydrogen (secondary N) is 1. The van der Waals surface area contributed by atoms with Gasteiger partial charge in [0.05, 0.1) is 30.0 Å². The van der Waals surface area contributed by atoms with Crippen molar-refractivity contribution in [1.82, 2.24) is 19.6 Å². The summed E-state index contributed by atoms with van der Waals surface area (Å²) in [7, 11) is -3.58. The van der Waals surface area contributed by atoms with E-state index in [9.17, 15) is 17.8 Å². The second-order valence-corrected chi connectivity index (χ2v) is 8.20. The molecule has 0 unspecified atom stereocenters. The molecule has 10 nitrogen and oxygen atoms in total. The number of aromatic nitrogens is 4. The number of aryl methyl sites for hydroxylation is 2. The van der Waals surface area contributed by atoms with Crippen LogP contribution in [0.25, 0.3) is 16.9 Å². The molecule has 30 heavy (non-hydrogen) atoms. The predicted octanol–water partition coefficient (Wildman–Crippen LogP) is 2.65. The number of hydrogen-bond donors (Lipinski definition) is 2. The molecule has 0 aliphatic carbocycles. The summed E-state index contributed by atoms with van der Waals surface area (Å²) < 4.78 is 46.0. The van der Waals surface area contributed by atoms with Crippen molar-refractivity contribution in [3.05, 3.63) is 33.0 Å². The maximum Gasteiger partial charge on any atom is 0.302 e. The molecule has 0 aliphatic rings. The van der Waals surface area contributed by atoms with Crippen LogP contribution in [0.5, 0.6) is 11.5 Å². The van der Waals surface area contributed by atoms with Crippen molar-refractivity contribution in [3.8, 4) is 22.9 Å². The van der Waals surface area contributed by atoms with E-state index in [1.165, 1.54) is 17.7 Å². The number of halogens is 1. The lowest BCUT2D eigenvalue weighted by molar-refractivity contribution is 0.321. The van der Waals surface area contributed by atoms with Gasteiger partial charge in [0.2, 0.25) is 0 Å². The van der Waals surface area contributed by atoms with Gasteiger partial charge in [-0.1, -0.05) is 18.5 Å². The molecule has 3 aromatic rings. The highest BCUT2D eigenvalue weighted by Crippen LogP contribution is 2.44. The van der Waals surface area contributed by atoms with Crippen molar-refractivity contribution in [1.29, 1.82) is 0 Å². The smallest absolute Gasteiger partial charge is 0.302 e. The number of benzene rings is 1. The monoisotopic (exact) mass is 456 g/mol. The van der Waals surface area contributed by atoms with Crippen LogP contribution in [-0.2, 0) is 16.5 Å². The number of aromatic amines is 1. The molecule has 12 heteroatoms. The number of imidazole rings is 1. The lowest BCUT2D eigenvalue weighted by atomic mass is 10.1. The fraction of sp³-hybridized carbons (Fsp3) is 0.389. The van der Waals surface area contributed by atoms with Crippen molar-refractivity contribution < 1.29 is 22.4 Å². The molecule has 2 aromatic heterocycles. The van der Waals surface area contributed by atoms with Crippen LogP contribution in [0.4, 0.5) is 0 Å². The van der Waals surface area contributed by atoms with Gasteiger partial charge in [0.25, 0.3) is 5.56 Å². The van der Waals surface area contributed by atoms with E-state index >= 15 is 0 Å². The van der Waals surface area contributed by atoms with E-state index in [0.717, 1.165) is 6.42 Å². The highest BCUT2D eigenvalue weighted by atomic mass is 35.5. The SMILES string of the molecule is CCCc1nc(C)c2c(=O)[nH]c(-c3cc(Cl)c(OC)c(S(=O)(=O)O)c3OCC)nn12. The Morgan fingerprint density at radius 3 is 2.57 bits per heavy atom. The molecule has 2 heterocycles. The molecule has 1 aromatic carbocycles. The number of ether oxygens (including phenoxy) is 2. The second kappa shape index (κ2) is 8.25. The zero-order chi connectivity index (χ0) is 22.2. The van der Waals surface area contributed by atoms with Crippen molar-refractivity contribution in [3.63, 3.8) is 0 Å². The minimum Gasteiger partial charge on any atom is -0.494 e. The summed E-state index contributed by atoms with van der Waals surface area (Å²) in [6.45, 7) is 5.38. The van der Waals surface area contributed by atoms with E-state index in [1.54, 1.807) is 13.8 Å². The van der Waals surface area contributed by atoms with Gasteiger partial charge in [-0.15, -0.1) is 5.10 Å². The second-order valence-electron chi connectivity index (χ2n) is 6.43. The average Bonchev–Trinajstić information content (AvgIpc) is 2.98. The molecule has 0 aliphatic heterocycles. The van der Waals surface area contributed by atoms with Gasteiger partial charge in [-0.2, -0.15) is 8.42 Å². The molecule has 0 saturated heterocycles. The first-order chi connectivity index (χ1) is 14.1. The third-order valence-corrected chi connectivity index (χ3v) is 5.53. The van der Waals surface area contributed by atoms with Crippen LogP contribution in [0.3, 0.4) is 0 Å². The number of hydrogen-bond acceptors (Lipinski definition) is 7. The number of H-pyrrole nitrogens is 1. The Kier molecular flexibility index (Phi) is 6.06. The fourth-order valence-electron chi connectivity index (χ4n) is 3.22. The third kappa shape index (κ3) is 3.75. The van der Waals surface area contributed by atoms with Gasteiger partial charge in [0, 0.05) is 6.42 Å². The van der Waals surface area contributed by atoms with Crippen LogP contribution in [0.1, 0.15) is 31.8 Å². The Balaban J connectivity index is 2.43. The molecular weight excluding hydrogens is 436 g/mol. The third-order valence-electron chi connectivity index (χ3n) is 4.37. The summed E-state index contributed by atoms with van der Waals surface area (Å²) in [5.41, 5.74) is 0.420. The Bertz CT molecular complexity index is 1280. The van der Waals surface area contributed by atoms with E-state index in [2.05, 4.69) is 15.1 Å². The first-order valence-electron chi connectivity index (χ1n) is 9.13. The predicted molar refractivity (Wildman–Crippen MR) is 110 cm³/mol. The summed E-state index contributed by atoms with van der Waals surface area (Å²) in [5, 5.41) is 4.34. The van der Waals surface area contributed by atoms with Crippen LogP contribution >= 0.6 is 11.6 Å². The minimum absolute atomic E-state index is 0.000145. The summed E-state index contributed by atoms with van der Waals surface area (Å²) in [6, 6.07) is 1.35. The zero-order valence-corrected chi connectivity index (χ0v) is 18.4. The Morgan fingerprint density at radius 1 is 1.30 bits per heavy atom. The van der Waals surface area contributed by atoms with Crippen LogP contribution < -0.4 is 15.0 Å². The largest absolute Gasteiger partial charge is 0.494 e. The highest BCUT2D eigenvalue weighted by molar-refractivity contribution is 7.86. The molecule has 0 atom stereocenters. The molecule has 0 spiro atoms. The Morgan fingerprint density at radius 2 is 2.00 bits per heavy atom. The molecule has 0 radical (unpaired) electrons. The van der Waals surface area contributed by atoms with Crippen LogP contribution in [0, 0.1) is 6.92 Å². The summed E-state index contributed by atoms with van der Waals surface area (Å²) >= 11 is 6.21. The molecule has 0 fully saturated rings. The van der Waals surface area contributed by atoms with Crippen LogP contribution in [0.15, 0.2) is 15.8 Å². The lowest BCUT2D eigenvalue weighted by Gasteiger charge is -2.17. The normalized spacial score (nSPS) is 11.8. The van der Waals surface area contributed by atoms with Crippen LogP contribution in [-0.4, -0.2) is 46.3 Å². The number of methoxy groups -OCH3 is 1. The highest BCUT2D eigenvalue weighted by Gasteiger charge is 2.30. The molecule has 3 rings (SSSR count). The van der Waals surface area contributed by atoms with Crippen molar-refractivity contribution >= 4 is 27.2 Å². The van der Waals surface area contributed by atoms with Gasteiger partial charge in [-0.3, -0.25) is 9.35 Å². The van der Waals surface area contributed by atoms with E-state index in [1.807, 2.05) is 6.92 Å². The maximum absolute atomic E-state index is 12.7. The molecule has 0 amide bonds. The average molecular weight is 457 g/mol. The Labute approximate surface area is 177 Å². The number of rotatable bonds is 7. The van der Waals surface area contributed by atoms with E-state index < -0.39 is 20.6 Å². The van der Waals surface area contributed by atoms with E-state index in [0.29, 0.717) is 17.9 Å². The number of fused-ring (bicyclic) bond motifs is 1. The van der Waals surface area contributed by atoms with Crippen LogP contribution in [0.2, 0.25) is 5.02 Å². The molecule has 2 N–H and O–H groups in total. The minimum atomic E-state index is -4.79. The lowest BCUT2D eigenvalue weighted by Crippen LogP contribution is -2.16. The standard InChI is InChI=1S/C18H21ClN4O6S/c1-5-7-12-20-9(3)13-18(24)21-17(22-23(12)13)10-8-11(19)15(28-4)16(30(25,26)27)14(10)29-6-2/h8H,5-7H2,1-4H3,(H,21,22,24)(H,25,26,27). The summed E-state index contributed by atoms with van der Waals surface area (Å²) in [5.74, 6) is 0.0719. The zero-order valence-electron chi connectivity index (χ0n) is 16.8. The van der Waals surface area contributed by atoms with Gasteiger partial charge >= 0.3 is 10.1 Å². The molecule has 0 saturated carbocycles. The summed E-state index contributed by atoms with van der Waals surface area (Å²) in [6.07, 6.45) is 1.37. The quantitative estimate of drug-likeness (QED) is 0.518. The van der Waals surface area contributed by atoms with Crippen molar-refractivity contribution in [2.75, 3.05) is 13.7 Å². The van der Waals surface area contributed by atoms with Gasteiger partial charge in [0.15, 0.2) is 27.7 Å².